The van der Waals surface area contributed by atoms with Crippen LogP contribution in [0, 0.1) is 0 Å². The normalized spacial score (nSPS) is 12.1. The smallest absolute Gasteiger partial charge is 0.335 e. The number of furan rings is 1. The van der Waals surface area contributed by atoms with Crippen LogP contribution in [-0.4, -0.2) is 38.7 Å². The van der Waals surface area contributed by atoms with Crippen LogP contribution in [0.4, 0.5) is 0 Å². The number of rotatable bonds is 8. The van der Waals surface area contributed by atoms with E-state index in [-0.39, 0.29) is 0 Å². The number of hydrogen-bond donors (Lipinski definition) is 1. The van der Waals surface area contributed by atoms with Crippen molar-refractivity contribution < 1.29 is 14.2 Å². The lowest BCUT2D eigenvalue weighted by atomic mass is 9.77. The van der Waals surface area contributed by atoms with E-state index in [1.165, 1.54) is 0 Å². The van der Waals surface area contributed by atoms with E-state index in [9.17, 15) is 5.11 Å². The first-order valence-corrected chi connectivity index (χ1v) is 15.3. The minimum atomic E-state index is -1.07. The summed E-state index contributed by atoms with van der Waals surface area (Å²) < 4.78 is 12.7. The Morgan fingerprint density at radius 2 is 1.07 bits per heavy atom. The highest BCUT2D eigenvalue weighted by Crippen LogP contribution is 2.33. The van der Waals surface area contributed by atoms with Gasteiger partial charge in [0.25, 0.3) is 0 Å². The van der Waals surface area contributed by atoms with Gasteiger partial charge in [-0.2, -0.15) is 0 Å². The first-order chi connectivity index (χ1) is 22.2. The summed E-state index contributed by atoms with van der Waals surface area (Å²) in [5.74, 6) is 1.83. The molecule has 0 unspecified atom stereocenters. The summed E-state index contributed by atoms with van der Waals surface area (Å²) in [4.78, 5) is 14.6. The number of para-hydroxylation sites is 1. The fourth-order valence-corrected chi connectivity index (χ4v) is 5.27. The first kappa shape index (κ1) is 29.6. The molecule has 1 N–H and O–H groups in total. The van der Waals surface area contributed by atoms with E-state index in [0.717, 1.165) is 55.2 Å². The van der Waals surface area contributed by atoms with Gasteiger partial charge in [0.1, 0.15) is 11.2 Å². The molecule has 0 saturated carbocycles. The second-order valence-electron chi connectivity index (χ2n) is 12.4. The van der Waals surface area contributed by atoms with Gasteiger partial charge in [0.05, 0.1) is 11.2 Å². The molecule has 0 aliphatic carbocycles. The molecule has 0 aliphatic heterocycles. The van der Waals surface area contributed by atoms with Crippen LogP contribution >= 0.6 is 0 Å². The maximum Gasteiger partial charge on any atom is 0.335 e. The van der Waals surface area contributed by atoms with Crippen LogP contribution in [0.25, 0.3) is 67.2 Å². The van der Waals surface area contributed by atoms with Crippen molar-refractivity contribution in [2.75, 3.05) is 0 Å². The van der Waals surface area contributed by atoms with Crippen LogP contribution in [-0.2, 0) is 4.65 Å². The highest BCUT2D eigenvalue weighted by molar-refractivity contribution is 6.54. The van der Waals surface area contributed by atoms with Crippen LogP contribution < -0.4 is 5.46 Å². The monoisotopic (exact) mass is 602 g/mol. The van der Waals surface area contributed by atoms with Crippen molar-refractivity contribution in [2.45, 2.75) is 38.9 Å². The van der Waals surface area contributed by atoms with Gasteiger partial charge >= 0.3 is 7.48 Å². The number of nitrogens with zero attached hydrogens (tertiary/aromatic N) is 3. The molecule has 0 fully saturated rings. The van der Waals surface area contributed by atoms with Crippen molar-refractivity contribution in [1.82, 2.24) is 15.0 Å². The molecule has 1 radical (unpaired) electrons. The highest BCUT2D eigenvalue weighted by Gasteiger charge is 2.36. The molecule has 0 atom stereocenters. The van der Waals surface area contributed by atoms with Crippen LogP contribution in [0.5, 0.6) is 0 Å². The zero-order valence-corrected chi connectivity index (χ0v) is 26.2. The quantitative estimate of drug-likeness (QED) is 0.177. The Morgan fingerprint density at radius 1 is 0.565 bits per heavy atom. The third-order valence-electron chi connectivity index (χ3n) is 8.68. The Bertz CT molecular complexity index is 2100. The van der Waals surface area contributed by atoms with Crippen LogP contribution in [0.1, 0.15) is 27.7 Å². The van der Waals surface area contributed by atoms with Gasteiger partial charge in [-0.05, 0) is 56.4 Å². The predicted molar refractivity (Wildman–Crippen MR) is 186 cm³/mol. The van der Waals surface area contributed by atoms with E-state index in [4.69, 9.17) is 24.0 Å². The summed E-state index contributed by atoms with van der Waals surface area (Å²) in [6, 6.07) is 40.3. The Morgan fingerprint density at radius 3 is 1.63 bits per heavy atom. The molecule has 0 amide bonds. The molecule has 2 aromatic heterocycles. The molecule has 7 aromatic rings. The first-order valence-electron chi connectivity index (χ1n) is 15.3. The minimum Gasteiger partial charge on any atom is -0.457 e. The molecule has 7 heteroatoms. The molecule has 7 rings (SSSR count). The maximum atomic E-state index is 10.8. The van der Waals surface area contributed by atoms with E-state index < -0.39 is 11.2 Å². The molecule has 0 saturated heterocycles. The van der Waals surface area contributed by atoms with Gasteiger partial charge in [0.2, 0.25) is 0 Å². The molecular formula is C39H33BN3O3. The summed E-state index contributed by atoms with van der Waals surface area (Å²) >= 11 is 0. The molecule has 0 aliphatic rings. The average Bonchev–Trinajstić information content (AvgIpc) is 3.46. The molecule has 6 nitrogen and oxygen atoms in total. The topological polar surface area (TPSA) is 81.3 Å². The number of fused-ring (bicyclic) bond motifs is 3. The summed E-state index contributed by atoms with van der Waals surface area (Å²) in [6.45, 7) is 7.24. The number of benzene rings is 5. The highest BCUT2D eigenvalue weighted by atomic mass is 16.5. The second-order valence-corrected chi connectivity index (χ2v) is 12.4. The summed E-state index contributed by atoms with van der Waals surface area (Å²) in [6.07, 6.45) is 0. The van der Waals surface area contributed by atoms with E-state index in [1.54, 1.807) is 21.3 Å². The van der Waals surface area contributed by atoms with E-state index >= 15 is 0 Å². The zero-order chi connectivity index (χ0) is 31.9. The van der Waals surface area contributed by atoms with Gasteiger partial charge in [-0.15, -0.1) is 0 Å². The Balaban J connectivity index is 1.32. The lowest BCUT2D eigenvalue weighted by molar-refractivity contribution is -0.0893. The molecule has 0 bridgehead atoms. The molecule has 2 heterocycles. The Kier molecular flexibility index (Phi) is 7.51. The van der Waals surface area contributed by atoms with Crippen molar-refractivity contribution in [1.29, 1.82) is 0 Å². The second kappa shape index (κ2) is 11.7. The number of hydrogen-bond acceptors (Lipinski definition) is 6. The predicted octanol–water partition coefficient (Wildman–Crippen LogP) is 8.25. The zero-order valence-electron chi connectivity index (χ0n) is 26.2. The third kappa shape index (κ3) is 5.60. The average molecular weight is 603 g/mol. The maximum absolute atomic E-state index is 10.8. The third-order valence-corrected chi connectivity index (χ3v) is 8.68. The SMILES string of the molecule is CC(C)(O)C(C)(C)O[B]c1c(-c2ccc(-c3nc(-c4ccccc4)nc(-c4ccccc4)n3)cc2)ccc2c1oc1ccccc12. The van der Waals surface area contributed by atoms with Crippen molar-refractivity contribution in [3.8, 4) is 45.3 Å². The fraction of sp³-hybridized carbons (Fsp3) is 0.154. The van der Waals surface area contributed by atoms with Gasteiger partial charge in [-0.1, -0.05) is 109 Å². The summed E-state index contributed by atoms with van der Waals surface area (Å²) in [5.41, 5.74) is 5.04. The van der Waals surface area contributed by atoms with Crippen molar-refractivity contribution in [3.63, 3.8) is 0 Å². The fourth-order valence-electron chi connectivity index (χ4n) is 5.27. The van der Waals surface area contributed by atoms with E-state index in [1.807, 2.05) is 105 Å². The largest absolute Gasteiger partial charge is 0.457 e. The number of aliphatic hydroxyl groups is 1. The minimum absolute atomic E-state index is 0.592. The Hall–Kier alpha value is -5.11. The molecule has 46 heavy (non-hydrogen) atoms. The van der Waals surface area contributed by atoms with E-state index in [2.05, 4.69) is 30.3 Å². The molecule has 0 spiro atoms. The van der Waals surface area contributed by atoms with Gasteiger partial charge in [-0.3, -0.25) is 0 Å². The molecule has 225 valence electrons. The lowest BCUT2D eigenvalue weighted by Gasteiger charge is -2.37. The van der Waals surface area contributed by atoms with Crippen LogP contribution in [0.15, 0.2) is 126 Å². The summed E-state index contributed by atoms with van der Waals surface area (Å²) in [7, 11) is 1.72. The number of aromatic nitrogens is 3. The van der Waals surface area contributed by atoms with Gasteiger partial charge < -0.3 is 14.2 Å². The van der Waals surface area contributed by atoms with Gasteiger partial charge in [0.15, 0.2) is 17.5 Å². The van der Waals surface area contributed by atoms with Gasteiger partial charge in [-0.25, -0.2) is 15.0 Å². The van der Waals surface area contributed by atoms with E-state index in [0.29, 0.717) is 17.5 Å². The van der Waals surface area contributed by atoms with Crippen molar-refractivity contribution in [3.05, 3.63) is 121 Å². The van der Waals surface area contributed by atoms with Crippen molar-refractivity contribution in [2.24, 2.45) is 0 Å². The molecule has 5 aromatic carbocycles. The van der Waals surface area contributed by atoms with Crippen molar-refractivity contribution >= 4 is 34.9 Å². The Labute approximate surface area is 269 Å². The van der Waals surface area contributed by atoms with Crippen LogP contribution in [0.2, 0.25) is 0 Å². The molecular weight excluding hydrogens is 569 g/mol. The standard InChI is InChI=1S/C39H33BN3O3/c1-38(2,44)39(3,4)46-40-33-29(23-24-31-30-17-11-12-18-32(30)45-34(31)33)25-19-21-28(22-20-25)37-42-35(26-13-7-5-8-14-26)41-36(43-37)27-15-9-6-10-16-27/h5-24,44H,1-4H3. The lowest BCUT2D eigenvalue weighted by Crippen LogP contribution is -2.49. The van der Waals surface area contributed by atoms with Crippen LogP contribution in [0.3, 0.4) is 0 Å². The van der Waals surface area contributed by atoms with Gasteiger partial charge in [0, 0.05) is 27.5 Å². The summed E-state index contributed by atoms with van der Waals surface area (Å²) in [5, 5.41) is 12.8.